The molecule has 2 aromatic heterocycles. The number of hydrogen-bond donors (Lipinski definition) is 2. The van der Waals surface area contributed by atoms with Crippen LogP contribution in [-0.2, 0) is 37.1 Å². The van der Waals surface area contributed by atoms with Gasteiger partial charge in [0.05, 0.1) is 44.1 Å². The summed E-state index contributed by atoms with van der Waals surface area (Å²) < 4.78 is 71.3. The van der Waals surface area contributed by atoms with Gasteiger partial charge in [0.25, 0.3) is 0 Å². The van der Waals surface area contributed by atoms with Gasteiger partial charge in [-0.2, -0.15) is 13.2 Å². The van der Waals surface area contributed by atoms with E-state index in [-0.39, 0.29) is 21.4 Å². The van der Waals surface area contributed by atoms with Gasteiger partial charge in [-0.15, -0.1) is 0 Å². The second-order valence-electron chi connectivity index (χ2n) is 9.83. The molecule has 3 atom stereocenters. The van der Waals surface area contributed by atoms with Gasteiger partial charge in [-0.25, -0.2) is 18.5 Å². The molecule has 2 aromatic carbocycles. The predicted octanol–water partition coefficient (Wildman–Crippen LogP) is 3.60. The number of furan rings is 1. The molecule has 0 spiro atoms. The van der Waals surface area contributed by atoms with Crippen LogP contribution in [0.1, 0.15) is 22.1 Å². The molecule has 6 rings (SSSR count). The number of anilines is 2. The molecule has 0 saturated carbocycles. The van der Waals surface area contributed by atoms with E-state index in [0.29, 0.717) is 9.78 Å². The number of imide groups is 1. The Kier molecular flexibility index (Phi) is 7.30. The van der Waals surface area contributed by atoms with Gasteiger partial charge in [-0.3, -0.25) is 23.7 Å². The summed E-state index contributed by atoms with van der Waals surface area (Å²) in [6.45, 7) is -0.514. The Morgan fingerprint density at radius 3 is 2.34 bits per heavy atom. The van der Waals surface area contributed by atoms with E-state index in [1.54, 1.807) is 0 Å². The predicted molar refractivity (Wildman–Crippen MR) is 153 cm³/mol. The quantitative estimate of drug-likeness (QED) is 0.296. The summed E-state index contributed by atoms with van der Waals surface area (Å²) in [6.07, 6.45) is -3.51. The van der Waals surface area contributed by atoms with Crippen molar-refractivity contribution >= 4 is 62.2 Å². The molecule has 44 heavy (non-hydrogen) atoms. The average Bonchev–Trinajstić information content (AvgIpc) is 3.65. The summed E-state index contributed by atoms with van der Waals surface area (Å²) in [6, 6.07) is 12.4. The fraction of sp³-hybridized carbons (Fsp3) is 0.185. The molecule has 0 unspecified atom stereocenters. The summed E-state index contributed by atoms with van der Waals surface area (Å²) in [5.74, 6) is -4.38. The number of nitrogens with two attached hydrogens (primary N) is 1. The number of nitrogens with one attached hydrogen (secondary N) is 1. The maximum absolute atomic E-state index is 13.9. The van der Waals surface area contributed by atoms with Crippen LogP contribution < -0.4 is 20.2 Å². The molecule has 4 aromatic rings. The van der Waals surface area contributed by atoms with Crippen molar-refractivity contribution in [3.8, 4) is 0 Å². The smallest absolute Gasteiger partial charge is 0.418 e. The first kappa shape index (κ1) is 29.9. The molecule has 0 radical (unpaired) electrons. The number of sulfonamides is 1. The number of fused-ring (bicyclic) bond motifs is 2. The van der Waals surface area contributed by atoms with Crippen LogP contribution in [0.2, 0.25) is 0 Å². The van der Waals surface area contributed by atoms with Crippen LogP contribution in [-0.4, -0.2) is 36.0 Å². The number of thioether (sulfide) groups is 1. The number of carbonyl (C=O) groups is 3. The minimum absolute atomic E-state index is 0.170. The van der Waals surface area contributed by atoms with Crippen molar-refractivity contribution in [2.45, 2.75) is 33.8 Å². The van der Waals surface area contributed by atoms with E-state index in [9.17, 15) is 40.8 Å². The average molecular weight is 665 g/mol. The number of carbonyl (C=O) groups excluding carboxylic acids is 3. The highest BCUT2D eigenvalue weighted by Crippen LogP contribution is 2.54. The van der Waals surface area contributed by atoms with Crippen LogP contribution in [0.3, 0.4) is 0 Å². The van der Waals surface area contributed by atoms with Gasteiger partial charge in [0.2, 0.25) is 27.7 Å². The number of hydrogen-bond acceptors (Lipinski definition) is 9. The molecule has 2 aliphatic rings. The van der Waals surface area contributed by atoms with Crippen molar-refractivity contribution in [1.82, 2.24) is 4.57 Å². The number of amides is 3. The number of thiazole rings is 1. The molecular formula is C27H19F3N4O7S3. The van der Waals surface area contributed by atoms with Gasteiger partial charge in [0.15, 0.2) is 0 Å². The lowest BCUT2D eigenvalue weighted by Gasteiger charge is -2.29. The zero-order valence-corrected chi connectivity index (χ0v) is 24.4. The lowest BCUT2D eigenvalue weighted by atomic mass is 9.86. The normalized spacial score (nSPS) is 20.0. The lowest BCUT2D eigenvalue weighted by molar-refractivity contribution is -0.137. The van der Waals surface area contributed by atoms with Crippen LogP contribution in [0.4, 0.5) is 24.5 Å². The summed E-state index contributed by atoms with van der Waals surface area (Å²) in [4.78, 5) is 53.7. The summed E-state index contributed by atoms with van der Waals surface area (Å²) in [7, 11) is -3.95. The molecule has 3 amide bonds. The maximum Gasteiger partial charge on any atom is 0.418 e. The fourth-order valence-corrected chi connectivity index (χ4v) is 8.52. The number of rotatable bonds is 6. The minimum Gasteiger partial charge on any atom is -0.469 e. The largest absolute Gasteiger partial charge is 0.469 e. The molecule has 1 fully saturated rings. The fourth-order valence-electron chi connectivity index (χ4n) is 5.25. The van der Waals surface area contributed by atoms with Crippen molar-refractivity contribution in [2.75, 3.05) is 10.2 Å². The van der Waals surface area contributed by atoms with E-state index in [1.165, 1.54) is 48.7 Å². The van der Waals surface area contributed by atoms with Crippen molar-refractivity contribution in [3.63, 3.8) is 0 Å². The van der Waals surface area contributed by atoms with E-state index in [0.717, 1.165) is 45.9 Å². The molecule has 11 nitrogen and oxygen atoms in total. The number of nitrogens with zero attached hydrogens (tertiary/aromatic N) is 2. The first-order valence-electron chi connectivity index (χ1n) is 12.7. The SMILES string of the molecule is NS(=O)(=O)c1ccc(NC(=O)Cn2c3c(sc2=O)[C@@H](c2ccco2)[C@@H]2C(=O)N(c4ccccc4C(F)(F)F)C(=O)[C@@H]2S3)cc1. The van der Waals surface area contributed by atoms with Crippen molar-refractivity contribution in [2.24, 2.45) is 11.1 Å². The molecule has 17 heteroatoms. The molecular weight excluding hydrogens is 646 g/mol. The lowest BCUT2D eigenvalue weighted by Crippen LogP contribution is -2.33. The van der Waals surface area contributed by atoms with Gasteiger partial charge >= 0.3 is 11.0 Å². The summed E-state index contributed by atoms with van der Waals surface area (Å²) in [5, 5.41) is 6.62. The van der Waals surface area contributed by atoms with Crippen LogP contribution in [0.25, 0.3) is 0 Å². The Morgan fingerprint density at radius 2 is 1.70 bits per heavy atom. The molecule has 4 heterocycles. The highest BCUT2D eigenvalue weighted by Gasteiger charge is 2.58. The molecule has 2 aliphatic heterocycles. The Labute approximate surface area is 254 Å². The van der Waals surface area contributed by atoms with E-state index in [2.05, 4.69) is 5.32 Å². The zero-order valence-electron chi connectivity index (χ0n) is 22.0. The highest BCUT2D eigenvalue weighted by atomic mass is 32.2. The molecule has 228 valence electrons. The number of alkyl halides is 3. The third-order valence-corrected chi connectivity index (χ3v) is 10.7. The van der Waals surface area contributed by atoms with Crippen molar-refractivity contribution in [3.05, 3.63) is 92.8 Å². The Hall–Kier alpha value is -4.19. The third kappa shape index (κ3) is 5.14. The van der Waals surface area contributed by atoms with Crippen LogP contribution in [0.15, 0.2) is 86.1 Å². The first-order valence-corrected chi connectivity index (χ1v) is 15.9. The van der Waals surface area contributed by atoms with Gasteiger partial charge in [0.1, 0.15) is 17.6 Å². The molecule has 1 saturated heterocycles. The van der Waals surface area contributed by atoms with E-state index in [1.807, 2.05) is 0 Å². The Balaban J connectivity index is 1.36. The topological polar surface area (TPSA) is 162 Å². The second kappa shape index (κ2) is 10.8. The number of para-hydroxylation sites is 1. The number of halogens is 3. The van der Waals surface area contributed by atoms with Gasteiger partial charge < -0.3 is 9.73 Å². The maximum atomic E-state index is 13.9. The van der Waals surface area contributed by atoms with Gasteiger partial charge in [-0.1, -0.05) is 35.2 Å². The Morgan fingerprint density at radius 1 is 1.00 bits per heavy atom. The van der Waals surface area contributed by atoms with Crippen LogP contribution >= 0.6 is 23.1 Å². The van der Waals surface area contributed by atoms with E-state index >= 15 is 0 Å². The number of benzene rings is 2. The molecule has 3 N–H and O–H groups in total. The summed E-state index contributed by atoms with van der Waals surface area (Å²) in [5.41, 5.74) is -1.53. The van der Waals surface area contributed by atoms with Gasteiger partial charge in [0, 0.05) is 5.69 Å². The number of primary sulfonamides is 1. The first-order chi connectivity index (χ1) is 20.8. The van der Waals surface area contributed by atoms with E-state index < -0.39 is 73.7 Å². The standard InChI is InChI=1S/C27H19F3N4O7S3/c28-27(29,30)15-4-1-2-5-16(15)34-23(36)20-19(17-6-3-11-41-17)22-25(42-21(20)24(34)37)33(26(38)43-22)12-18(35)32-13-7-9-14(10-8-13)44(31,39)40/h1-11,19-21H,12H2,(H,32,35)(H2,31,39,40)/t19-,20-,21+/m0/s1. The molecule has 0 aliphatic carbocycles. The zero-order chi connectivity index (χ0) is 31.6. The monoisotopic (exact) mass is 664 g/mol. The van der Waals surface area contributed by atoms with E-state index in [4.69, 9.17) is 9.56 Å². The summed E-state index contributed by atoms with van der Waals surface area (Å²) >= 11 is 1.57. The minimum atomic E-state index is -4.84. The second-order valence-corrected chi connectivity index (χ2v) is 13.5. The van der Waals surface area contributed by atoms with Gasteiger partial charge in [-0.05, 0) is 48.5 Å². The third-order valence-electron chi connectivity index (χ3n) is 7.12. The molecule has 0 bridgehead atoms. The van der Waals surface area contributed by atoms with Crippen molar-refractivity contribution < 1.29 is 40.4 Å². The number of aromatic nitrogens is 1. The van der Waals surface area contributed by atoms with Crippen LogP contribution in [0.5, 0.6) is 0 Å². The Bertz CT molecular complexity index is 1970. The highest BCUT2D eigenvalue weighted by molar-refractivity contribution is 8.00. The van der Waals surface area contributed by atoms with Crippen molar-refractivity contribution in [1.29, 1.82) is 0 Å². The van der Waals surface area contributed by atoms with Crippen LogP contribution in [0, 0.1) is 5.92 Å².